The van der Waals surface area contributed by atoms with Gasteiger partial charge in [0, 0.05) is 5.41 Å². The van der Waals surface area contributed by atoms with Gasteiger partial charge in [0.05, 0.1) is 23.3 Å². The monoisotopic (exact) mass is 345 g/mol. The molecule has 2 atom stereocenters. The molecule has 6 heteroatoms. The van der Waals surface area contributed by atoms with Crippen molar-refractivity contribution in [3.63, 3.8) is 0 Å². The van der Waals surface area contributed by atoms with Crippen LogP contribution in [0.3, 0.4) is 0 Å². The summed E-state index contributed by atoms with van der Waals surface area (Å²) in [5.74, 6) is -1.24. The van der Waals surface area contributed by atoms with Gasteiger partial charge in [0.15, 0.2) is 5.60 Å². The first-order valence-corrected chi connectivity index (χ1v) is 8.50. The molecule has 0 aromatic heterocycles. The van der Waals surface area contributed by atoms with E-state index in [-0.39, 0.29) is 18.1 Å². The van der Waals surface area contributed by atoms with Gasteiger partial charge in [-0.3, -0.25) is 9.59 Å². The zero-order valence-corrected chi connectivity index (χ0v) is 15.0. The maximum absolute atomic E-state index is 13.1. The lowest BCUT2D eigenvalue weighted by molar-refractivity contribution is -0.165. The number of benzene rings is 1. The minimum atomic E-state index is -1.22. The van der Waals surface area contributed by atoms with E-state index in [1.54, 1.807) is 31.2 Å². The molecule has 1 aliphatic heterocycles. The molecule has 2 aliphatic rings. The van der Waals surface area contributed by atoms with Crippen molar-refractivity contribution in [2.75, 3.05) is 11.9 Å². The Morgan fingerprint density at radius 1 is 1.20 bits per heavy atom. The van der Waals surface area contributed by atoms with Crippen LogP contribution < -0.4 is 5.32 Å². The molecule has 2 fully saturated rings. The molecule has 1 saturated carbocycles. The Morgan fingerprint density at radius 3 is 2.44 bits per heavy atom. The van der Waals surface area contributed by atoms with Crippen LogP contribution in [0.25, 0.3) is 0 Å². The van der Waals surface area contributed by atoms with E-state index < -0.39 is 28.3 Å². The Labute approximate surface area is 146 Å². The molecule has 6 nitrogen and oxygen atoms in total. The molecule has 0 radical (unpaired) electrons. The summed E-state index contributed by atoms with van der Waals surface area (Å²) in [4.78, 5) is 37.5. The molecule has 1 saturated heterocycles. The van der Waals surface area contributed by atoms with Crippen molar-refractivity contribution in [2.24, 2.45) is 10.8 Å². The molecule has 1 aromatic rings. The Kier molecular flexibility index (Phi) is 3.89. The number of carbonyl (C=O) groups is 3. The fourth-order valence-electron chi connectivity index (χ4n) is 3.95. The number of esters is 2. The van der Waals surface area contributed by atoms with E-state index in [4.69, 9.17) is 9.47 Å². The van der Waals surface area contributed by atoms with Crippen LogP contribution >= 0.6 is 0 Å². The molecule has 1 heterocycles. The number of ether oxygens (including phenoxy) is 2. The summed E-state index contributed by atoms with van der Waals surface area (Å²) < 4.78 is 10.6. The van der Waals surface area contributed by atoms with Crippen LogP contribution in [0.5, 0.6) is 0 Å². The summed E-state index contributed by atoms with van der Waals surface area (Å²) in [6.07, 6.45) is 1.07. The second kappa shape index (κ2) is 5.58. The smallest absolute Gasteiger partial charge is 0.340 e. The summed E-state index contributed by atoms with van der Waals surface area (Å²) >= 11 is 0. The molecule has 1 amide bonds. The van der Waals surface area contributed by atoms with E-state index in [2.05, 4.69) is 5.32 Å². The van der Waals surface area contributed by atoms with Crippen LogP contribution in [0.1, 0.15) is 50.9 Å². The summed E-state index contributed by atoms with van der Waals surface area (Å²) in [6.45, 7) is 7.60. The minimum absolute atomic E-state index is 0.244. The second-order valence-electron chi connectivity index (χ2n) is 7.39. The lowest BCUT2D eigenvalue weighted by Gasteiger charge is -2.35. The third-order valence-electron chi connectivity index (χ3n) is 6.12. The summed E-state index contributed by atoms with van der Waals surface area (Å²) in [6, 6.07) is 6.65. The fourth-order valence-corrected chi connectivity index (χ4v) is 3.95. The largest absolute Gasteiger partial charge is 0.462 e. The predicted octanol–water partition coefficient (Wildman–Crippen LogP) is 2.92. The Bertz CT molecular complexity index is 756. The molecule has 2 unspecified atom stereocenters. The highest BCUT2D eigenvalue weighted by molar-refractivity contribution is 6.06. The topological polar surface area (TPSA) is 81.7 Å². The number of nitrogens with one attached hydrogen (secondary N) is 1. The van der Waals surface area contributed by atoms with E-state index >= 15 is 0 Å². The Morgan fingerprint density at radius 2 is 1.88 bits per heavy atom. The van der Waals surface area contributed by atoms with Gasteiger partial charge in [0.2, 0.25) is 0 Å². The first kappa shape index (κ1) is 17.5. The Balaban J connectivity index is 1.92. The first-order valence-electron chi connectivity index (χ1n) is 8.50. The summed E-state index contributed by atoms with van der Waals surface area (Å²) in [5, 5.41) is 2.79. The van der Waals surface area contributed by atoms with Gasteiger partial charge in [-0.05, 0) is 38.8 Å². The van der Waals surface area contributed by atoms with Crippen LogP contribution in [0.15, 0.2) is 24.3 Å². The van der Waals surface area contributed by atoms with Crippen molar-refractivity contribution in [2.45, 2.75) is 46.1 Å². The van der Waals surface area contributed by atoms with Gasteiger partial charge in [0.1, 0.15) is 0 Å². The normalized spacial score (nSPS) is 29.2. The van der Waals surface area contributed by atoms with Gasteiger partial charge in [-0.25, -0.2) is 4.79 Å². The number of fused-ring (bicyclic) bond motifs is 2. The van der Waals surface area contributed by atoms with Crippen molar-refractivity contribution < 1.29 is 23.9 Å². The van der Waals surface area contributed by atoms with Crippen LogP contribution in [0.4, 0.5) is 5.69 Å². The van der Waals surface area contributed by atoms with E-state index in [1.165, 1.54) is 0 Å². The molecular formula is C19H23NO5. The number of anilines is 1. The van der Waals surface area contributed by atoms with E-state index in [0.29, 0.717) is 18.5 Å². The zero-order valence-electron chi connectivity index (χ0n) is 15.0. The molecule has 0 spiro atoms. The molecule has 1 N–H and O–H groups in total. The molecule has 25 heavy (non-hydrogen) atoms. The van der Waals surface area contributed by atoms with Gasteiger partial charge in [0.25, 0.3) is 5.91 Å². The number of carbonyl (C=O) groups excluding carboxylic acids is 3. The lowest BCUT2D eigenvalue weighted by atomic mass is 9.66. The molecule has 2 bridgehead atoms. The van der Waals surface area contributed by atoms with Gasteiger partial charge in [-0.1, -0.05) is 26.0 Å². The maximum Gasteiger partial charge on any atom is 0.340 e. The Hall–Kier alpha value is -2.37. The maximum atomic E-state index is 13.1. The number of amides is 1. The fraction of sp³-hybridized carbons (Fsp3) is 0.526. The number of rotatable bonds is 4. The molecule has 3 rings (SSSR count). The van der Waals surface area contributed by atoms with Gasteiger partial charge >= 0.3 is 11.9 Å². The number of para-hydroxylation sites is 1. The van der Waals surface area contributed by atoms with Crippen molar-refractivity contribution in [1.29, 1.82) is 0 Å². The predicted molar refractivity (Wildman–Crippen MR) is 91.0 cm³/mol. The van der Waals surface area contributed by atoms with Crippen LogP contribution in [0, 0.1) is 10.8 Å². The van der Waals surface area contributed by atoms with Gasteiger partial charge in [-0.15, -0.1) is 0 Å². The average molecular weight is 345 g/mol. The second-order valence-corrected chi connectivity index (χ2v) is 7.39. The summed E-state index contributed by atoms with van der Waals surface area (Å²) in [7, 11) is 0. The average Bonchev–Trinajstić information content (AvgIpc) is 2.86. The number of hydrogen-bond donors (Lipinski definition) is 1. The highest BCUT2D eigenvalue weighted by Gasteiger charge is 2.75. The van der Waals surface area contributed by atoms with Crippen molar-refractivity contribution >= 4 is 23.5 Å². The molecule has 1 aromatic carbocycles. The molecular weight excluding hydrogens is 322 g/mol. The number of hydrogen-bond acceptors (Lipinski definition) is 5. The quantitative estimate of drug-likeness (QED) is 0.849. The van der Waals surface area contributed by atoms with E-state index in [9.17, 15) is 14.4 Å². The van der Waals surface area contributed by atoms with Crippen molar-refractivity contribution in [3.05, 3.63) is 29.8 Å². The van der Waals surface area contributed by atoms with E-state index in [0.717, 1.165) is 0 Å². The zero-order chi connectivity index (χ0) is 18.5. The highest BCUT2D eigenvalue weighted by Crippen LogP contribution is 2.65. The highest BCUT2D eigenvalue weighted by atomic mass is 16.6. The van der Waals surface area contributed by atoms with Crippen LogP contribution in [-0.4, -0.2) is 30.1 Å². The molecule has 134 valence electrons. The van der Waals surface area contributed by atoms with Gasteiger partial charge < -0.3 is 14.8 Å². The summed E-state index contributed by atoms with van der Waals surface area (Å²) in [5.41, 5.74) is -1.91. The van der Waals surface area contributed by atoms with Crippen molar-refractivity contribution in [1.82, 2.24) is 0 Å². The standard InChI is InChI=1S/C19H23NO5/c1-5-24-14(21)12-8-6-7-9-13(12)20-15(22)19-11-10-18(4,16(23)25-19)17(19,2)3/h6-9H,5,10-11H2,1-4H3,(H,20,22). The van der Waals surface area contributed by atoms with Gasteiger partial charge in [-0.2, -0.15) is 0 Å². The first-order chi connectivity index (χ1) is 11.7. The van der Waals surface area contributed by atoms with E-state index in [1.807, 2.05) is 20.8 Å². The third-order valence-corrected chi connectivity index (χ3v) is 6.12. The third kappa shape index (κ3) is 2.19. The van der Waals surface area contributed by atoms with Crippen LogP contribution in [0.2, 0.25) is 0 Å². The van der Waals surface area contributed by atoms with Crippen molar-refractivity contribution in [3.8, 4) is 0 Å². The lowest BCUT2D eigenvalue weighted by Crippen LogP contribution is -2.50. The minimum Gasteiger partial charge on any atom is -0.462 e. The SMILES string of the molecule is CCOC(=O)c1ccccc1NC(=O)C12CCC(C)(C(=O)O1)C2(C)C. The van der Waals surface area contributed by atoms with Crippen LogP contribution in [-0.2, 0) is 19.1 Å². The molecule has 1 aliphatic carbocycles.